The second-order valence-corrected chi connectivity index (χ2v) is 5.32. The molecule has 0 radical (unpaired) electrons. The van der Waals surface area contributed by atoms with Crippen LogP contribution in [0.1, 0.15) is 29.6 Å². The van der Waals surface area contributed by atoms with Crippen molar-refractivity contribution >= 4 is 21.7 Å². The highest BCUT2D eigenvalue weighted by Gasteiger charge is 2.08. The molecule has 3 nitrogen and oxygen atoms in total. The third-order valence-corrected chi connectivity index (χ3v) is 3.72. The Morgan fingerprint density at radius 3 is 2.68 bits per heavy atom. The molecule has 2 rings (SSSR count). The molecule has 0 unspecified atom stereocenters. The van der Waals surface area contributed by atoms with E-state index in [1.807, 2.05) is 4.90 Å². The van der Waals surface area contributed by atoms with Gasteiger partial charge in [0.2, 0.25) is 5.78 Å². The lowest BCUT2D eigenvalue weighted by atomic mass is 10.1. The van der Waals surface area contributed by atoms with Crippen LogP contribution in [0, 0.1) is 12.0 Å². The molecule has 0 bridgehead atoms. The van der Waals surface area contributed by atoms with Gasteiger partial charge in [0.1, 0.15) is 5.75 Å². The number of likely N-dealkylation sites (tertiary alicyclic amines) is 1. The highest BCUT2D eigenvalue weighted by Crippen LogP contribution is 2.25. The van der Waals surface area contributed by atoms with E-state index in [2.05, 4.69) is 27.9 Å². The van der Waals surface area contributed by atoms with Crippen molar-refractivity contribution in [2.75, 3.05) is 20.2 Å². The number of carbonyl (C=O) groups excluding carboxylic acids is 1. The van der Waals surface area contributed by atoms with Gasteiger partial charge in [-0.15, -0.1) is 0 Å². The van der Waals surface area contributed by atoms with Gasteiger partial charge >= 0.3 is 0 Å². The number of halogens is 1. The van der Waals surface area contributed by atoms with Gasteiger partial charge in [0, 0.05) is 24.7 Å². The Morgan fingerprint density at radius 1 is 1.32 bits per heavy atom. The number of benzene rings is 1. The fourth-order valence-electron chi connectivity index (χ4n) is 2.02. The Kier molecular flexibility index (Phi) is 4.86. The SMILES string of the molecule is COc1ccc(C(=O)C#CN2CCCCC2)cc1Br. The van der Waals surface area contributed by atoms with Gasteiger partial charge in [-0.1, -0.05) is 0 Å². The van der Waals surface area contributed by atoms with Crippen molar-refractivity contribution in [2.45, 2.75) is 19.3 Å². The molecule has 19 heavy (non-hydrogen) atoms. The van der Waals surface area contributed by atoms with Crippen molar-refractivity contribution in [3.05, 3.63) is 28.2 Å². The number of piperidine rings is 1. The first kappa shape index (κ1) is 14.0. The summed E-state index contributed by atoms with van der Waals surface area (Å²) in [6.07, 6.45) is 3.59. The molecular formula is C15H16BrNO2. The summed E-state index contributed by atoms with van der Waals surface area (Å²) in [4.78, 5) is 14.0. The van der Waals surface area contributed by atoms with E-state index in [0.29, 0.717) is 11.3 Å². The first-order valence-electron chi connectivity index (χ1n) is 6.35. The maximum atomic E-state index is 12.0. The van der Waals surface area contributed by atoms with Crippen molar-refractivity contribution < 1.29 is 9.53 Å². The number of nitrogens with zero attached hydrogens (tertiary/aromatic N) is 1. The zero-order chi connectivity index (χ0) is 13.7. The Bertz CT molecular complexity index is 525. The Balaban J connectivity index is 2.07. The summed E-state index contributed by atoms with van der Waals surface area (Å²) in [5, 5.41) is 0. The van der Waals surface area contributed by atoms with Crippen LogP contribution in [-0.4, -0.2) is 30.9 Å². The van der Waals surface area contributed by atoms with Crippen LogP contribution in [0.5, 0.6) is 5.75 Å². The topological polar surface area (TPSA) is 29.5 Å². The first-order chi connectivity index (χ1) is 9.20. The lowest BCUT2D eigenvalue weighted by Crippen LogP contribution is -2.25. The van der Waals surface area contributed by atoms with Gasteiger partial charge in [-0.3, -0.25) is 4.79 Å². The summed E-state index contributed by atoms with van der Waals surface area (Å²) in [7, 11) is 1.59. The van der Waals surface area contributed by atoms with Gasteiger partial charge in [-0.05, 0) is 59.3 Å². The summed E-state index contributed by atoms with van der Waals surface area (Å²) in [5.41, 5.74) is 0.581. The predicted molar refractivity (Wildman–Crippen MR) is 78.2 cm³/mol. The molecule has 0 saturated carbocycles. The summed E-state index contributed by atoms with van der Waals surface area (Å²) >= 11 is 3.37. The molecule has 0 atom stereocenters. The molecule has 100 valence electrons. The third kappa shape index (κ3) is 3.74. The third-order valence-electron chi connectivity index (χ3n) is 3.10. The largest absolute Gasteiger partial charge is 0.496 e. The molecule has 1 aromatic rings. The highest BCUT2D eigenvalue weighted by molar-refractivity contribution is 9.10. The Morgan fingerprint density at radius 2 is 2.05 bits per heavy atom. The highest BCUT2D eigenvalue weighted by atomic mass is 79.9. The van der Waals surface area contributed by atoms with Gasteiger partial charge in [0.15, 0.2) is 0 Å². The molecule has 4 heteroatoms. The summed E-state index contributed by atoms with van der Waals surface area (Å²) in [6.45, 7) is 1.93. The van der Waals surface area contributed by atoms with Crippen LogP contribution in [0.15, 0.2) is 22.7 Å². The fourth-order valence-corrected chi connectivity index (χ4v) is 2.56. The van der Waals surface area contributed by atoms with Crippen LogP contribution < -0.4 is 4.74 Å². The van der Waals surface area contributed by atoms with Crippen molar-refractivity contribution in [2.24, 2.45) is 0 Å². The number of rotatable bonds is 2. The minimum Gasteiger partial charge on any atom is -0.496 e. The van der Waals surface area contributed by atoms with Crippen molar-refractivity contribution in [1.29, 1.82) is 0 Å². The molecule has 1 aliphatic rings. The number of carbonyl (C=O) groups is 1. The minimum atomic E-state index is -0.158. The van der Waals surface area contributed by atoms with E-state index in [0.717, 1.165) is 30.4 Å². The van der Waals surface area contributed by atoms with E-state index in [1.54, 1.807) is 25.3 Å². The minimum absolute atomic E-state index is 0.158. The second kappa shape index (κ2) is 6.63. The van der Waals surface area contributed by atoms with Gasteiger partial charge in [-0.25, -0.2) is 0 Å². The molecular weight excluding hydrogens is 306 g/mol. The van der Waals surface area contributed by atoms with E-state index in [1.165, 1.54) is 6.42 Å². The van der Waals surface area contributed by atoms with Crippen LogP contribution in [0.25, 0.3) is 0 Å². The predicted octanol–water partition coefficient (Wildman–Crippen LogP) is 3.09. The van der Waals surface area contributed by atoms with Crippen LogP contribution in [0.4, 0.5) is 0 Å². The normalized spacial score (nSPS) is 14.5. The van der Waals surface area contributed by atoms with E-state index in [4.69, 9.17) is 4.74 Å². The molecule has 1 aromatic carbocycles. The van der Waals surface area contributed by atoms with Crippen LogP contribution in [0.2, 0.25) is 0 Å². The Hall–Kier alpha value is -1.47. The van der Waals surface area contributed by atoms with E-state index in [-0.39, 0.29) is 5.78 Å². The van der Waals surface area contributed by atoms with Gasteiger partial charge in [0.25, 0.3) is 0 Å². The summed E-state index contributed by atoms with van der Waals surface area (Å²) < 4.78 is 5.90. The lowest BCUT2D eigenvalue weighted by Gasteiger charge is -2.21. The zero-order valence-corrected chi connectivity index (χ0v) is 12.5. The molecule has 1 saturated heterocycles. The first-order valence-corrected chi connectivity index (χ1v) is 7.14. The molecule has 0 aliphatic carbocycles. The molecule has 0 amide bonds. The quantitative estimate of drug-likeness (QED) is 0.619. The summed E-state index contributed by atoms with van der Waals surface area (Å²) in [6, 6.07) is 8.19. The average Bonchev–Trinajstić information content (AvgIpc) is 2.45. The molecule has 0 aromatic heterocycles. The number of methoxy groups -OCH3 is 1. The molecule has 1 fully saturated rings. The fraction of sp³-hybridized carbons (Fsp3) is 0.400. The number of ether oxygens (including phenoxy) is 1. The van der Waals surface area contributed by atoms with E-state index < -0.39 is 0 Å². The number of Topliss-reactive ketones (excluding diaryl/α,β-unsaturated/α-hetero) is 1. The summed E-state index contributed by atoms with van der Waals surface area (Å²) in [5.74, 6) is 3.26. The number of hydrogen-bond acceptors (Lipinski definition) is 3. The van der Waals surface area contributed by atoms with Crippen LogP contribution >= 0.6 is 15.9 Å². The van der Waals surface area contributed by atoms with Crippen LogP contribution in [-0.2, 0) is 0 Å². The maximum absolute atomic E-state index is 12.0. The van der Waals surface area contributed by atoms with Gasteiger partial charge < -0.3 is 9.64 Å². The average molecular weight is 322 g/mol. The van der Waals surface area contributed by atoms with Crippen LogP contribution in [0.3, 0.4) is 0 Å². The monoisotopic (exact) mass is 321 g/mol. The standard InChI is InChI=1S/C15H16BrNO2/c1-19-15-6-5-12(11-13(15)16)14(18)7-10-17-8-3-2-4-9-17/h5-6,11H,2-4,8-9H2,1H3. The molecule has 1 aliphatic heterocycles. The van der Waals surface area contributed by atoms with E-state index >= 15 is 0 Å². The lowest BCUT2D eigenvalue weighted by molar-refractivity contribution is 0.105. The van der Waals surface area contributed by atoms with Gasteiger partial charge in [0.05, 0.1) is 11.6 Å². The second-order valence-electron chi connectivity index (χ2n) is 4.46. The van der Waals surface area contributed by atoms with Crippen molar-refractivity contribution in [1.82, 2.24) is 4.90 Å². The van der Waals surface area contributed by atoms with E-state index in [9.17, 15) is 4.79 Å². The smallest absolute Gasteiger partial charge is 0.237 e. The molecule has 0 N–H and O–H groups in total. The Labute approximate surface area is 122 Å². The number of ketones is 1. The van der Waals surface area contributed by atoms with Gasteiger partial charge in [-0.2, -0.15) is 0 Å². The zero-order valence-electron chi connectivity index (χ0n) is 10.9. The maximum Gasteiger partial charge on any atom is 0.237 e. The molecule has 1 heterocycles. The molecule has 0 spiro atoms. The number of hydrogen-bond donors (Lipinski definition) is 0. The van der Waals surface area contributed by atoms with Crippen molar-refractivity contribution in [3.63, 3.8) is 0 Å². The van der Waals surface area contributed by atoms with Crippen molar-refractivity contribution in [3.8, 4) is 17.7 Å².